The Hall–Kier alpha value is -0.570. The third-order valence-electron chi connectivity index (χ3n) is 2.36. The molecule has 1 fully saturated rings. The normalized spacial score (nSPS) is 29.9. The molecule has 0 spiro atoms. The lowest BCUT2D eigenvalue weighted by molar-refractivity contribution is -0.133. The summed E-state index contributed by atoms with van der Waals surface area (Å²) in [6, 6.07) is 0. The van der Waals surface area contributed by atoms with Crippen LogP contribution in [0.25, 0.3) is 0 Å². The highest BCUT2D eigenvalue weighted by molar-refractivity contribution is 5.78. The third kappa shape index (κ3) is 2.21. The Balaban J connectivity index is 2.46. The van der Waals surface area contributed by atoms with Gasteiger partial charge in [-0.25, -0.2) is 0 Å². The average molecular weight is 170 g/mol. The van der Waals surface area contributed by atoms with Crippen molar-refractivity contribution in [3.8, 4) is 0 Å². The van der Waals surface area contributed by atoms with E-state index in [1.165, 1.54) is 0 Å². The second kappa shape index (κ2) is 3.90. The molecule has 1 rings (SSSR count). The molecule has 12 heavy (non-hydrogen) atoms. The highest BCUT2D eigenvalue weighted by atomic mass is 16.2. The van der Waals surface area contributed by atoms with Gasteiger partial charge in [-0.2, -0.15) is 0 Å². The fourth-order valence-corrected chi connectivity index (χ4v) is 1.71. The Bertz CT molecular complexity index is 168. The molecular weight excluding hydrogens is 152 g/mol. The van der Waals surface area contributed by atoms with Crippen LogP contribution in [0, 0.1) is 11.8 Å². The average Bonchev–Trinajstić information content (AvgIpc) is 2.03. The Labute approximate surface area is 74.1 Å². The van der Waals surface area contributed by atoms with Crippen molar-refractivity contribution in [2.45, 2.75) is 13.3 Å². The van der Waals surface area contributed by atoms with Gasteiger partial charge >= 0.3 is 0 Å². The van der Waals surface area contributed by atoms with E-state index in [1.54, 1.807) is 4.90 Å². The van der Waals surface area contributed by atoms with E-state index in [0.717, 1.165) is 19.5 Å². The van der Waals surface area contributed by atoms with Crippen LogP contribution in [-0.4, -0.2) is 38.0 Å². The molecule has 1 amide bonds. The number of hydrogen-bond donors (Lipinski definition) is 1. The molecule has 2 unspecified atom stereocenters. The maximum atomic E-state index is 11.5. The summed E-state index contributed by atoms with van der Waals surface area (Å²) in [7, 11) is 3.64. The molecule has 0 aliphatic carbocycles. The van der Waals surface area contributed by atoms with Crippen LogP contribution in [0.4, 0.5) is 0 Å². The number of rotatable bonds is 1. The summed E-state index contributed by atoms with van der Waals surface area (Å²) >= 11 is 0. The van der Waals surface area contributed by atoms with Crippen molar-refractivity contribution in [3.05, 3.63) is 0 Å². The van der Waals surface area contributed by atoms with Crippen molar-refractivity contribution < 1.29 is 4.79 Å². The molecule has 0 aromatic carbocycles. The Kier molecular flexibility index (Phi) is 3.09. The van der Waals surface area contributed by atoms with Gasteiger partial charge in [-0.05, 0) is 18.9 Å². The van der Waals surface area contributed by atoms with Crippen LogP contribution in [-0.2, 0) is 4.79 Å². The Morgan fingerprint density at radius 1 is 1.42 bits per heavy atom. The quantitative estimate of drug-likeness (QED) is 0.614. The number of piperidine rings is 1. The smallest absolute Gasteiger partial charge is 0.226 e. The summed E-state index contributed by atoms with van der Waals surface area (Å²) in [6.45, 7) is 4.08. The standard InChI is InChI=1S/C9H18N2O/c1-7-4-8(6-10-5-7)9(12)11(2)3/h7-8,10H,4-6H2,1-3H3. The first-order valence-electron chi connectivity index (χ1n) is 4.53. The van der Waals surface area contributed by atoms with Gasteiger partial charge in [0.2, 0.25) is 5.91 Å². The molecule has 70 valence electrons. The zero-order chi connectivity index (χ0) is 9.14. The number of amides is 1. The van der Waals surface area contributed by atoms with Gasteiger partial charge in [0.15, 0.2) is 0 Å². The van der Waals surface area contributed by atoms with Gasteiger partial charge in [-0.1, -0.05) is 6.92 Å². The van der Waals surface area contributed by atoms with E-state index >= 15 is 0 Å². The van der Waals surface area contributed by atoms with Crippen molar-refractivity contribution in [1.29, 1.82) is 0 Å². The molecule has 1 saturated heterocycles. The maximum Gasteiger partial charge on any atom is 0.226 e. The van der Waals surface area contributed by atoms with Gasteiger partial charge in [-0.3, -0.25) is 4.79 Å². The lowest BCUT2D eigenvalue weighted by Gasteiger charge is -2.28. The summed E-state index contributed by atoms with van der Waals surface area (Å²) < 4.78 is 0. The minimum absolute atomic E-state index is 0.198. The highest BCUT2D eigenvalue weighted by Crippen LogP contribution is 2.16. The summed E-state index contributed by atoms with van der Waals surface area (Å²) in [5.74, 6) is 1.09. The van der Waals surface area contributed by atoms with Crippen LogP contribution in [0.15, 0.2) is 0 Å². The molecule has 0 aromatic heterocycles. The predicted octanol–water partition coefficient (Wildman–Crippen LogP) is 0.320. The lowest BCUT2D eigenvalue weighted by atomic mass is 9.91. The molecule has 0 radical (unpaired) electrons. The second-order valence-electron chi connectivity index (χ2n) is 3.93. The van der Waals surface area contributed by atoms with Crippen molar-refractivity contribution >= 4 is 5.91 Å². The second-order valence-corrected chi connectivity index (χ2v) is 3.93. The van der Waals surface area contributed by atoms with Crippen molar-refractivity contribution in [2.75, 3.05) is 27.2 Å². The summed E-state index contributed by atoms with van der Waals surface area (Å²) in [6.07, 6.45) is 1.03. The highest BCUT2D eigenvalue weighted by Gasteiger charge is 2.25. The van der Waals surface area contributed by atoms with E-state index in [4.69, 9.17) is 0 Å². The van der Waals surface area contributed by atoms with E-state index in [-0.39, 0.29) is 11.8 Å². The van der Waals surface area contributed by atoms with E-state index in [2.05, 4.69) is 12.2 Å². The molecule has 1 N–H and O–H groups in total. The van der Waals surface area contributed by atoms with Gasteiger partial charge in [0.1, 0.15) is 0 Å². The van der Waals surface area contributed by atoms with Gasteiger partial charge in [0, 0.05) is 20.6 Å². The molecule has 0 bridgehead atoms. The Morgan fingerprint density at radius 2 is 2.08 bits per heavy atom. The third-order valence-corrected chi connectivity index (χ3v) is 2.36. The first kappa shape index (κ1) is 9.52. The predicted molar refractivity (Wildman–Crippen MR) is 48.8 cm³/mol. The van der Waals surface area contributed by atoms with Gasteiger partial charge in [0.05, 0.1) is 5.92 Å². The molecule has 1 aliphatic rings. The van der Waals surface area contributed by atoms with Crippen molar-refractivity contribution in [3.63, 3.8) is 0 Å². The molecule has 2 atom stereocenters. The molecule has 0 aromatic rings. The van der Waals surface area contributed by atoms with Crippen molar-refractivity contribution in [1.82, 2.24) is 10.2 Å². The van der Waals surface area contributed by atoms with Crippen LogP contribution < -0.4 is 5.32 Å². The topological polar surface area (TPSA) is 32.3 Å². The lowest BCUT2D eigenvalue weighted by Crippen LogP contribution is -2.42. The molecular formula is C9H18N2O. The van der Waals surface area contributed by atoms with Crippen LogP contribution >= 0.6 is 0 Å². The van der Waals surface area contributed by atoms with E-state index in [9.17, 15) is 4.79 Å². The van der Waals surface area contributed by atoms with Crippen LogP contribution in [0.3, 0.4) is 0 Å². The van der Waals surface area contributed by atoms with E-state index in [1.807, 2.05) is 14.1 Å². The van der Waals surface area contributed by atoms with E-state index < -0.39 is 0 Å². The molecule has 1 heterocycles. The van der Waals surface area contributed by atoms with Gasteiger partial charge in [0.25, 0.3) is 0 Å². The Morgan fingerprint density at radius 3 is 2.58 bits per heavy atom. The molecule has 0 saturated carbocycles. The molecule has 3 heteroatoms. The fraction of sp³-hybridized carbons (Fsp3) is 0.889. The molecule has 1 aliphatic heterocycles. The fourth-order valence-electron chi connectivity index (χ4n) is 1.71. The SMILES string of the molecule is CC1CNCC(C(=O)N(C)C)C1. The minimum Gasteiger partial charge on any atom is -0.349 e. The van der Waals surface area contributed by atoms with E-state index in [0.29, 0.717) is 5.92 Å². The largest absolute Gasteiger partial charge is 0.349 e. The first-order valence-corrected chi connectivity index (χ1v) is 4.53. The summed E-state index contributed by atoms with van der Waals surface area (Å²) in [4.78, 5) is 13.2. The van der Waals surface area contributed by atoms with Crippen molar-refractivity contribution in [2.24, 2.45) is 11.8 Å². The summed E-state index contributed by atoms with van der Waals surface area (Å²) in [5.41, 5.74) is 0. The maximum absolute atomic E-state index is 11.5. The zero-order valence-corrected chi connectivity index (χ0v) is 8.13. The zero-order valence-electron chi connectivity index (χ0n) is 8.13. The van der Waals surface area contributed by atoms with Crippen LogP contribution in [0.1, 0.15) is 13.3 Å². The number of hydrogen-bond acceptors (Lipinski definition) is 2. The number of carbonyl (C=O) groups is 1. The van der Waals surface area contributed by atoms with Gasteiger partial charge < -0.3 is 10.2 Å². The summed E-state index contributed by atoms with van der Waals surface area (Å²) in [5, 5.41) is 3.27. The number of nitrogens with zero attached hydrogens (tertiary/aromatic N) is 1. The number of nitrogens with one attached hydrogen (secondary N) is 1. The van der Waals surface area contributed by atoms with Gasteiger partial charge in [-0.15, -0.1) is 0 Å². The number of carbonyl (C=O) groups excluding carboxylic acids is 1. The minimum atomic E-state index is 0.198. The molecule has 3 nitrogen and oxygen atoms in total. The first-order chi connectivity index (χ1) is 5.61. The van der Waals surface area contributed by atoms with Crippen LogP contribution in [0.2, 0.25) is 0 Å². The van der Waals surface area contributed by atoms with Crippen LogP contribution in [0.5, 0.6) is 0 Å². The monoisotopic (exact) mass is 170 g/mol.